The number of nitrogens with zero attached hydrogens (tertiary/aromatic N) is 1. The van der Waals surface area contributed by atoms with E-state index in [0.29, 0.717) is 0 Å². The van der Waals surface area contributed by atoms with Gasteiger partial charge in [0.25, 0.3) is 0 Å². The number of esters is 1. The molecule has 0 saturated carbocycles. The average Bonchev–Trinajstić information content (AvgIpc) is 2.34. The number of aromatic nitrogens is 1. The molecule has 2 N–H and O–H groups in total. The Morgan fingerprint density at radius 3 is 2.47 bits per heavy atom. The first-order valence-corrected chi connectivity index (χ1v) is 4.94. The Labute approximate surface area is 106 Å². The molecule has 0 unspecified atom stereocenters. The molecule has 6 nitrogen and oxygen atoms in total. The number of rotatable bonds is 4. The van der Waals surface area contributed by atoms with Crippen molar-refractivity contribution in [3.05, 3.63) is 17.3 Å². The Hall–Kier alpha value is -2.03. The molecular weight excluding hydrogens is 269 g/mol. The lowest BCUT2D eigenvalue weighted by Crippen LogP contribution is -2.21. The van der Waals surface area contributed by atoms with Crippen LogP contribution < -0.4 is 15.2 Å². The zero-order valence-electron chi connectivity index (χ0n) is 10.1. The number of hydrogen-bond donors (Lipinski definition) is 1. The third kappa shape index (κ3) is 3.71. The summed E-state index contributed by atoms with van der Waals surface area (Å²) in [5, 5.41) is 0. The summed E-state index contributed by atoms with van der Waals surface area (Å²) in [6.07, 6.45) is -4.93. The van der Waals surface area contributed by atoms with Crippen molar-refractivity contribution in [3.8, 4) is 11.6 Å². The molecule has 0 amide bonds. The first-order valence-electron chi connectivity index (χ1n) is 4.94. The van der Waals surface area contributed by atoms with E-state index in [9.17, 15) is 18.0 Å². The van der Waals surface area contributed by atoms with Crippen LogP contribution in [0.15, 0.2) is 6.07 Å². The third-order valence-corrected chi connectivity index (χ3v) is 2.08. The molecule has 1 aromatic rings. The molecule has 0 saturated heterocycles. The zero-order valence-corrected chi connectivity index (χ0v) is 10.1. The highest BCUT2D eigenvalue weighted by Crippen LogP contribution is 2.31. The second-order valence-corrected chi connectivity index (χ2v) is 3.23. The monoisotopic (exact) mass is 280 g/mol. The number of ether oxygens (including phenoxy) is 3. The van der Waals surface area contributed by atoms with Gasteiger partial charge in [-0.05, 0) is 0 Å². The van der Waals surface area contributed by atoms with E-state index in [2.05, 4.69) is 14.5 Å². The molecule has 0 bridgehead atoms. The van der Waals surface area contributed by atoms with Gasteiger partial charge in [0.2, 0.25) is 5.88 Å². The van der Waals surface area contributed by atoms with Crippen molar-refractivity contribution >= 4 is 5.97 Å². The average molecular weight is 280 g/mol. The molecule has 1 heterocycles. The van der Waals surface area contributed by atoms with Crippen LogP contribution in [0.1, 0.15) is 16.1 Å². The lowest BCUT2D eigenvalue weighted by Gasteiger charge is -2.15. The standard InChI is InChI=1S/C10H11F3N2O4/c1-17-7-3-6(19-10(11,12)13)5(4-14)8(15-7)9(16)18-2/h3H,4,14H2,1-2H3. The SMILES string of the molecule is COC(=O)c1nc(OC)cc(OC(F)(F)F)c1CN. The summed E-state index contributed by atoms with van der Waals surface area (Å²) in [6.45, 7) is -0.382. The molecule has 0 spiro atoms. The number of carbonyl (C=O) groups is 1. The van der Waals surface area contributed by atoms with Gasteiger partial charge in [0.1, 0.15) is 5.75 Å². The Morgan fingerprint density at radius 1 is 1.42 bits per heavy atom. The summed E-state index contributed by atoms with van der Waals surface area (Å²) in [6, 6.07) is 0.891. The van der Waals surface area contributed by atoms with Gasteiger partial charge in [-0.25, -0.2) is 9.78 Å². The number of methoxy groups -OCH3 is 2. The van der Waals surface area contributed by atoms with Gasteiger partial charge in [0.15, 0.2) is 5.69 Å². The van der Waals surface area contributed by atoms with Gasteiger partial charge in [0, 0.05) is 18.2 Å². The first kappa shape index (κ1) is 15.0. The van der Waals surface area contributed by atoms with Crippen molar-refractivity contribution in [1.82, 2.24) is 4.98 Å². The van der Waals surface area contributed by atoms with Gasteiger partial charge < -0.3 is 19.9 Å². The van der Waals surface area contributed by atoms with Gasteiger partial charge in [-0.2, -0.15) is 0 Å². The fourth-order valence-electron chi connectivity index (χ4n) is 1.31. The number of pyridine rings is 1. The maximum Gasteiger partial charge on any atom is 0.573 e. The fraction of sp³-hybridized carbons (Fsp3) is 0.400. The molecule has 0 aliphatic rings. The number of hydrogen-bond acceptors (Lipinski definition) is 6. The molecule has 0 aliphatic heterocycles. The summed E-state index contributed by atoms with van der Waals surface area (Å²) >= 11 is 0. The zero-order chi connectivity index (χ0) is 14.6. The summed E-state index contributed by atoms with van der Waals surface area (Å²) < 4.78 is 49.7. The predicted octanol–water partition coefficient (Wildman–Crippen LogP) is 1.23. The third-order valence-electron chi connectivity index (χ3n) is 2.08. The van der Waals surface area contributed by atoms with Crippen LogP contribution in [0.25, 0.3) is 0 Å². The quantitative estimate of drug-likeness (QED) is 0.835. The van der Waals surface area contributed by atoms with Gasteiger partial charge in [-0.1, -0.05) is 0 Å². The van der Waals surface area contributed by atoms with Gasteiger partial charge in [-0.15, -0.1) is 13.2 Å². The van der Waals surface area contributed by atoms with Crippen LogP contribution in [0.4, 0.5) is 13.2 Å². The maximum absolute atomic E-state index is 12.3. The highest BCUT2D eigenvalue weighted by molar-refractivity contribution is 5.89. The number of nitrogens with two attached hydrogens (primary N) is 1. The second kappa shape index (κ2) is 5.74. The fourth-order valence-corrected chi connectivity index (χ4v) is 1.31. The highest BCUT2D eigenvalue weighted by atomic mass is 19.4. The number of halogens is 3. The van der Waals surface area contributed by atoms with Crippen LogP contribution in [0.2, 0.25) is 0 Å². The Kier molecular flexibility index (Phi) is 4.54. The lowest BCUT2D eigenvalue weighted by molar-refractivity contribution is -0.275. The van der Waals surface area contributed by atoms with E-state index in [1.54, 1.807) is 0 Å². The van der Waals surface area contributed by atoms with E-state index in [1.165, 1.54) is 7.11 Å². The molecular formula is C10H11F3N2O4. The van der Waals surface area contributed by atoms with E-state index >= 15 is 0 Å². The second-order valence-electron chi connectivity index (χ2n) is 3.23. The minimum absolute atomic E-state index is 0.218. The highest BCUT2D eigenvalue weighted by Gasteiger charge is 2.33. The summed E-state index contributed by atoms with van der Waals surface area (Å²) in [4.78, 5) is 15.1. The van der Waals surface area contributed by atoms with Crippen molar-refractivity contribution in [2.45, 2.75) is 12.9 Å². The van der Waals surface area contributed by atoms with Crippen LogP contribution in [0.3, 0.4) is 0 Å². The van der Waals surface area contributed by atoms with Gasteiger partial charge in [0.05, 0.1) is 14.2 Å². The van der Waals surface area contributed by atoms with E-state index in [4.69, 9.17) is 10.5 Å². The molecule has 0 aliphatic carbocycles. The van der Waals surface area contributed by atoms with Crippen LogP contribution in [-0.2, 0) is 11.3 Å². The minimum Gasteiger partial charge on any atom is -0.481 e. The van der Waals surface area contributed by atoms with Crippen molar-refractivity contribution in [1.29, 1.82) is 0 Å². The van der Waals surface area contributed by atoms with E-state index in [-0.39, 0.29) is 23.7 Å². The van der Waals surface area contributed by atoms with E-state index in [0.717, 1.165) is 13.2 Å². The van der Waals surface area contributed by atoms with Crippen molar-refractivity contribution in [2.24, 2.45) is 5.73 Å². The Morgan fingerprint density at radius 2 is 2.05 bits per heavy atom. The largest absolute Gasteiger partial charge is 0.573 e. The van der Waals surface area contributed by atoms with Crippen LogP contribution in [0.5, 0.6) is 11.6 Å². The van der Waals surface area contributed by atoms with Crippen molar-refractivity contribution < 1.29 is 32.2 Å². The lowest BCUT2D eigenvalue weighted by atomic mass is 10.1. The number of carbonyl (C=O) groups excluding carboxylic acids is 1. The van der Waals surface area contributed by atoms with E-state index < -0.39 is 18.1 Å². The Bertz CT molecular complexity index is 477. The van der Waals surface area contributed by atoms with Crippen molar-refractivity contribution in [2.75, 3.05) is 14.2 Å². The maximum atomic E-state index is 12.3. The molecule has 0 radical (unpaired) electrons. The van der Waals surface area contributed by atoms with Crippen molar-refractivity contribution in [3.63, 3.8) is 0 Å². The molecule has 1 aromatic heterocycles. The summed E-state index contributed by atoms with van der Waals surface area (Å²) in [7, 11) is 2.25. The molecule has 0 aromatic carbocycles. The van der Waals surface area contributed by atoms with Crippen LogP contribution >= 0.6 is 0 Å². The topological polar surface area (TPSA) is 83.7 Å². The number of alkyl halides is 3. The summed E-state index contributed by atoms with van der Waals surface area (Å²) in [5.41, 5.74) is 4.72. The van der Waals surface area contributed by atoms with Gasteiger partial charge >= 0.3 is 12.3 Å². The molecule has 19 heavy (non-hydrogen) atoms. The van der Waals surface area contributed by atoms with Gasteiger partial charge in [-0.3, -0.25) is 0 Å². The molecule has 0 fully saturated rings. The predicted molar refractivity (Wildman–Crippen MR) is 56.7 cm³/mol. The minimum atomic E-state index is -4.93. The van der Waals surface area contributed by atoms with Crippen LogP contribution in [-0.4, -0.2) is 31.5 Å². The summed E-state index contributed by atoms with van der Waals surface area (Å²) in [5.74, 6) is -1.81. The molecule has 9 heteroatoms. The molecule has 106 valence electrons. The molecule has 0 atom stereocenters. The Balaban J connectivity index is 3.39. The first-order chi connectivity index (χ1) is 8.82. The molecule has 1 rings (SSSR count). The normalized spacial score (nSPS) is 11.1. The van der Waals surface area contributed by atoms with E-state index in [1.807, 2.05) is 0 Å². The smallest absolute Gasteiger partial charge is 0.481 e. The van der Waals surface area contributed by atoms with Crippen LogP contribution in [0, 0.1) is 0 Å².